The van der Waals surface area contributed by atoms with Crippen LogP contribution in [0.1, 0.15) is 18.4 Å². The number of halogens is 1. The quantitative estimate of drug-likeness (QED) is 0.700. The van der Waals surface area contributed by atoms with Crippen LogP contribution in [0.5, 0.6) is 0 Å². The zero-order valence-electron chi connectivity index (χ0n) is 14.5. The average Bonchev–Trinajstić information content (AvgIpc) is 2.65. The van der Waals surface area contributed by atoms with Crippen molar-refractivity contribution in [3.05, 3.63) is 70.7 Å². The molecule has 1 aliphatic rings. The van der Waals surface area contributed by atoms with Crippen molar-refractivity contribution in [3.8, 4) is 0 Å². The number of rotatable bonds is 4. The van der Waals surface area contributed by atoms with Crippen LogP contribution < -0.4 is 10.6 Å². The Balaban J connectivity index is 1.69. The average molecular weight is 413 g/mol. The van der Waals surface area contributed by atoms with E-state index in [-0.39, 0.29) is 23.7 Å². The molecule has 0 spiro atoms. The van der Waals surface area contributed by atoms with Crippen molar-refractivity contribution >= 4 is 39.1 Å². The Hall–Kier alpha value is -2.40. The predicted molar refractivity (Wildman–Crippen MR) is 108 cm³/mol. The number of benzene rings is 2. The Labute approximate surface area is 161 Å². The maximum atomic E-state index is 12.7. The third kappa shape index (κ3) is 4.61. The Morgan fingerprint density at radius 3 is 1.69 bits per heavy atom. The molecule has 2 unspecified atom stereocenters. The van der Waals surface area contributed by atoms with Gasteiger partial charge in [0.05, 0.1) is 11.8 Å². The van der Waals surface area contributed by atoms with Gasteiger partial charge in [0, 0.05) is 15.8 Å². The smallest absolute Gasteiger partial charge is 0.228 e. The van der Waals surface area contributed by atoms with Crippen LogP contribution in [0.3, 0.4) is 0 Å². The summed E-state index contributed by atoms with van der Waals surface area (Å²) in [5, 5.41) is 5.86. The Morgan fingerprint density at radius 1 is 0.808 bits per heavy atom. The molecule has 0 aliphatic heterocycles. The third-order valence-electron chi connectivity index (χ3n) is 4.54. The highest BCUT2D eigenvalue weighted by Crippen LogP contribution is 2.28. The van der Waals surface area contributed by atoms with E-state index in [4.69, 9.17) is 0 Å². The number of allylic oxidation sites excluding steroid dienone is 2. The molecular formula is C21H21BrN2O2. The lowest BCUT2D eigenvalue weighted by Gasteiger charge is -2.26. The summed E-state index contributed by atoms with van der Waals surface area (Å²) < 4.78 is 0.950. The normalized spacial score (nSPS) is 19.0. The summed E-state index contributed by atoms with van der Waals surface area (Å²) in [6.07, 6.45) is 5.08. The van der Waals surface area contributed by atoms with E-state index in [1.807, 2.05) is 67.6 Å². The van der Waals surface area contributed by atoms with Crippen LogP contribution in [0.2, 0.25) is 0 Å². The van der Waals surface area contributed by atoms with Gasteiger partial charge in [0.25, 0.3) is 0 Å². The summed E-state index contributed by atoms with van der Waals surface area (Å²) in [6, 6.07) is 15.1. The lowest BCUT2D eigenvalue weighted by atomic mass is 9.81. The molecule has 3 rings (SSSR count). The molecule has 5 heteroatoms. The fourth-order valence-electron chi connectivity index (χ4n) is 3.03. The topological polar surface area (TPSA) is 58.2 Å². The Kier molecular flexibility index (Phi) is 5.89. The number of carbonyl (C=O) groups excluding carboxylic acids is 2. The van der Waals surface area contributed by atoms with Gasteiger partial charge in [-0.15, -0.1) is 0 Å². The summed E-state index contributed by atoms with van der Waals surface area (Å²) in [5.41, 5.74) is 2.61. The lowest BCUT2D eigenvalue weighted by Crippen LogP contribution is -2.37. The Morgan fingerprint density at radius 2 is 1.23 bits per heavy atom. The largest absolute Gasteiger partial charge is 0.326 e. The molecule has 1 aliphatic carbocycles. The first-order valence-electron chi connectivity index (χ1n) is 8.62. The molecule has 0 aromatic heterocycles. The molecule has 2 atom stereocenters. The molecule has 2 amide bonds. The van der Waals surface area contributed by atoms with Crippen molar-refractivity contribution in [1.82, 2.24) is 0 Å². The van der Waals surface area contributed by atoms with Crippen LogP contribution in [-0.2, 0) is 9.59 Å². The van der Waals surface area contributed by atoms with Gasteiger partial charge in [-0.3, -0.25) is 9.59 Å². The number of amides is 2. The number of anilines is 2. The SMILES string of the molecule is Cc1ccc(NC(=O)C2CC=CCC2C(=O)Nc2ccc(Br)cc2)cc1. The van der Waals surface area contributed by atoms with Gasteiger partial charge in [0.1, 0.15) is 0 Å². The molecule has 0 heterocycles. The van der Waals surface area contributed by atoms with E-state index in [0.717, 1.165) is 21.4 Å². The monoisotopic (exact) mass is 412 g/mol. The van der Waals surface area contributed by atoms with Gasteiger partial charge in [-0.1, -0.05) is 45.8 Å². The highest BCUT2D eigenvalue weighted by atomic mass is 79.9. The molecule has 26 heavy (non-hydrogen) atoms. The number of hydrogen-bond acceptors (Lipinski definition) is 2. The first kappa shape index (κ1) is 18.4. The number of nitrogens with one attached hydrogen (secondary N) is 2. The fourth-order valence-corrected chi connectivity index (χ4v) is 3.30. The van der Waals surface area contributed by atoms with E-state index in [9.17, 15) is 9.59 Å². The van der Waals surface area contributed by atoms with Crippen LogP contribution >= 0.6 is 15.9 Å². The van der Waals surface area contributed by atoms with Crippen molar-refractivity contribution in [3.63, 3.8) is 0 Å². The van der Waals surface area contributed by atoms with Crippen molar-refractivity contribution < 1.29 is 9.59 Å². The Bertz CT molecular complexity index is 743. The fraction of sp³-hybridized carbons (Fsp3) is 0.238. The van der Waals surface area contributed by atoms with Crippen molar-refractivity contribution in [2.24, 2.45) is 11.8 Å². The molecular weight excluding hydrogens is 392 g/mol. The number of aryl methyl sites for hydroxylation is 1. The minimum atomic E-state index is -0.380. The van der Waals surface area contributed by atoms with Gasteiger partial charge in [-0.05, 0) is 56.2 Å². The highest BCUT2D eigenvalue weighted by molar-refractivity contribution is 9.10. The van der Waals surface area contributed by atoms with Gasteiger partial charge in [0.15, 0.2) is 0 Å². The zero-order valence-corrected chi connectivity index (χ0v) is 16.1. The summed E-state index contributed by atoms with van der Waals surface area (Å²) in [7, 11) is 0. The maximum absolute atomic E-state index is 12.7. The summed E-state index contributed by atoms with van der Waals surface area (Å²) >= 11 is 3.38. The van der Waals surface area contributed by atoms with E-state index in [0.29, 0.717) is 12.8 Å². The maximum Gasteiger partial charge on any atom is 0.228 e. The molecule has 0 fully saturated rings. The first-order chi connectivity index (χ1) is 12.5. The predicted octanol–water partition coefficient (Wildman–Crippen LogP) is 4.92. The van der Waals surface area contributed by atoms with Crippen LogP contribution in [0.4, 0.5) is 11.4 Å². The molecule has 0 saturated heterocycles. The van der Waals surface area contributed by atoms with Gasteiger partial charge in [0.2, 0.25) is 11.8 Å². The van der Waals surface area contributed by atoms with Crippen molar-refractivity contribution in [2.75, 3.05) is 10.6 Å². The van der Waals surface area contributed by atoms with E-state index in [1.54, 1.807) is 0 Å². The molecule has 2 N–H and O–H groups in total. The summed E-state index contributed by atoms with van der Waals surface area (Å²) in [5.74, 6) is -0.999. The van der Waals surface area contributed by atoms with Crippen LogP contribution in [0.15, 0.2) is 65.2 Å². The lowest BCUT2D eigenvalue weighted by molar-refractivity contribution is -0.129. The van der Waals surface area contributed by atoms with Crippen LogP contribution in [-0.4, -0.2) is 11.8 Å². The molecule has 0 saturated carbocycles. The van der Waals surface area contributed by atoms with E-state index in [1.165, 1.54) is 0 Å². The minimum Gasteiger partial charge on any atom is -0.326 e. The zero-order chi connectivity index (χ0) is 18.5. The summed E-state index contributed by atoms with van der Waals surface area (Å²) in [6.45, 7) is 2.00. The van der Waals surface area contributed by atoms with E-state index < -0.39 is 0 Å². The van der Waals surface area contributed by atoms with Crippen LogP contribution in [0.25, 0.3) is 0 Å². The second-order valence-corrected chi connectivity index (χ2v) is 7.42. The third-order valence-corrected chi connectivity index (χ3v) is 5.07. The molecule has 0 bridgehead atoms. The van der Waals surface area contributed by atoms with Crippen molar-refractivity contribution in [1.29, 1.82) is 0 Å². The van der Waals surface area contributed by atoms with Crippen LogP contribution in [0, 0.1) is 18.8 Å². The molecule has 4 nitrogen and oxygen atoms in total. The van der Waals surface area contributed by atoms with E-state index in [2.05, 4.69) is 26.6 Å². The van der Waals surface area contributed by atoms with Gasteiger partial charge >= 0.3 is 0 Å². The molecule has 2 aromatic rings. The minimum absolute atomic E-state index is 0.117. The second kappa shape index (κ2) is 8.32. The van der Waals surface area contributed by atoms with Gasteiger partial charge in [-0.2, -0.15) is 0 Å². The molecule has 0 radical (unpaired) electrons. The van der Waals surface area contributed by atoms with Crippen molar-refractivity contribution in [2.45, 2.75) is 19.8 Å². The molecule has 2 aromatic carbocycles. The molecule has 134 valence electrons. The van der Waals surface area contributed by atoms with Gasteiger partial charge < -0.3 is 10.6 Å². The number of hydrogen-bond donors (Lipinski definition) is 2. The second-order valence-electron chi connectivity index (χ2n) is 6.51. The van der Waals surface area contributed by atoms with Gasteiger partial charge in [-0.25, -0.2) is 0 Å². The summed E-state index contributed by atoms with van der Waals surface area (Å²) in [4.78, 5) is 25.5. The highest BCUT2D eigenvalue weighted by Gasteiger charge is 2.34. The standard InChI is InChI=1S/C21H21BrN2O2/c1-14-6-10-16(11-7-14)23-20(25)18-4-2-3-5-19(18)21(26)24-17-12-8-15(22)9-13-17/h2-3,6-13,18-19H,4-5H2,1H3,(H,23,25)(H,24,26). The van der Waals surface area contributed by atoms with E-state index >= 15 is 0 Å². The first-order valence-corrected chi connectivity index (χ1v) is 9.41. The number of carbonyl (C=O) groups is 2.